The molecule has 0 fully saturated rings. The van der Waals surface area contributed by atoms with Crippen molar-refractivity contribution < 1.29 is 23.1 Å². The van der Waals surface area contributed by atoms with Crippen LogP contribution in [0.15, 0.2) is 48.7 Å². The molecule has 0 spiro atoms. The van der Waals surface area contributed by atoms with Crippen LogP contribution in [0.4, 0.5) is 20.2 Å². The van der Waals surface area contributed by atoms with E-state index in [1.54, 1.807) is 32.0 Å². The van der Waals surface area contributed by atoms with Gasteiger partial charge in [-0.3, -0.25) is 9.59 Å². The highest BCUT2D eigenvalue weighted by atomic mass is 19.3. The fourth-order valence-corrected chi connectivity index (χ4v) is 2.55. The summed E-state index contributed by atoms with van der Waals surface area (Å²) < 4.78 is 28.7. The van der Waals surface area contributed by atoms with Gasteiger partial charge in [0.2, 0.25) is 0 Å². The highest BCUT2D eigenvalue weighted by Crippen LogP contribution is 2.21. The Bertz CT molecular complexity index is 1030. The maximum atomic E-state index is 12.5. The molecule has 2 amide bonds. The molecule has 29 heavy (non-hydrogen) atoms. The number of nitrogens with zero attached hydrogens (tertiary/aromatic N) is 1. The van der Waals surface area contributed by atoms with Crippen molar-refractivity contribution in [2.75, 3.05) is 10.6 Å². The number of aromatic amines is 1. The zero-order valence-electron chi connectivity index (χ0n) is 15.6. The Morgan fingerprint density at radius 3 is 2.38 bits per heavy atom. The molecule has 3 aromatic rings. The number of aryl methyl sites for hydroxylation is 2. The Kier molecular flexibility index (Phi) is 5.87. The van der Waals surface area contributed by atoms with Gasteiger partial charge in [-0.1, -0.05) is 6.07 Å². The number of carbonyl (C=O) groups is 2. The molecule has 9 heteroatoms. The SMILES string of the molecule is Cc1ncc(C(=O)Nc2cc(C(=O)Nc3ccc(OC(F)F)cc3)ccc2C)[nH]1. The Balaban J connectivity index is 1.71. The molecular weight excluding hydrogens is 382 g/mol. The molecule has 7 nitrogen and oxygen atoms in total. The topological polar surface area (TPSA) is 96.1 Å². The first-order valence-electron chi connectivity index (χ1n) is 8.61. The maximum Gasteiger partial charge on any atom is 0.387 e. The fourth-order valence-electron chi connectivity index (χ4n) is 2.55. The summed E-state index contributed by atoms with van der Waals surface area (Å²) in [4.78, 5) is 31.6. The Morgan fingerprint density at radius 1 is 1.03 bits per heavy atom. The Labute approximate surface area is 165 Å². The van der Waals surface area contributed by atoms with Crippen LogP contribution in [-0.2, 0) is 0 Å². The first kappa shape index (κ1) is 20.0. The van der Waals surface area contributed by atoms with E-state index in [0.717, 1.165) is 5.56 Å². The van der Waals surface area contributed by atoms with Gasteiger partial charge in [-0.2, -0.15) is 8.78 Å². The lowest BCUT2D eigenvalue weighted by molar-refractivity contribution is -0.0498. The number of alkyl halides is 2. The molecule has 0 unspecified atom stereocenters. The van der Waals surface area contributed by atoms with Crippen molar-refractivity contribution in [2.24, 2.45) is 0 Å². The summed E-state index contributed by atoms with van der Waals surface area (Å²) in [5, 5.41) is 5.41. The number of carbonyl (C=O) groups excluding carboxylic acids is 2. The van der Waals surface area contributed by atoms with Crippen LogP contribution >= 0.6 is 0 Å². The molecule has 0 aliphatic rings. The molecule has 0 aliphatic carbocycles. The van der Waals surface area contributed by atoms with Gasteiger partial charge >= 0.3 is 6.61 Å². The molecule has 0 aliphatic heterocycles. The Hall–Kier alpha value is -3.75. The van der Waals surface area contributed by atoms with Gasteiger partial charge in [0.25, 0.3) is 11.8 Å². The zero-order chi connectivity index (χ0) is 21.0. The number of rotatable bonds is 6. The number of aromatic nitrogens is 2. The van der Waals surface area contributed by atoms with Crippen molar-refractivity contribution in [3.8, 4) is 5.75 Å². The van der Waals surface area contributed by atoms with Crippen LogP contribution in [0, 0.1) is 13.8 Å². The number of ether oxygens (including phenoxy) is 1. The largest absolute Gasteiger partial charge is 0.435 e. The lowest BCUT2D eigenvalue weighted by Gasteiger charge is -2.11. The first-order chi connectivity index (χ1) is 13.8. The molecule has 1 heterocycles. The smallest absolute Gasteiger partial charge is 0.387 e. The Morgan fingerprint density at radius 2 is 1.76 bits per heavy atom. The highest BCUT2D eigenvalue weighted by Gasteiger charge is 2.13. The second-order valence-corrected chi connectivity index (χ2v) is 6.22. The van der Waals surface area contributed by atoms with Gasteiger partial charge in [-0.05, 0) is 55.8 Å². The van der Waals surface area contributed by atoms with Gasteiger partial charge < -0.3 is 20.4 Å². The van der Waals surface area contributed by atoms with E-state index in [4.69, 9.17) is 0 Å². The molecule has 0 atom stereocenters. The highest BCUT2D eigenvalue weighted by molar-refractivity contribution is 6.07. The van der Waals surface area contributed by atoms with E-state index in [1.807, 2.05) is 0 Å². The van der Waals surface area contributed by atoms with Crippen LogP contribution in [0.2, 0.25) is 0 Å². The quantitative estimate of drug-likeness (QED) is 0.580. The lowest BCUT2D eigenvalue weighted by Crippen LogP contribution is -2.16. The minimum atomic E-state index is -2.91. The van der Waals surface area contributed by atoms with E-state index < -0.39 is 12.5 Å². The van der Waals surface area contributed by atoms with Gasteiger partial charge in [-0.15, -0.1) is 0 Å². The number of nitrogens with one attached hydrogen (secondary N) is 3. The third-order valence-corrected chi connectivity index (χ3v) is 4.03. The summed E-state index contributed by atoms with van der Waals surface area (Å²) in [7, 11) is 0. The van der Waals surface area contributed by atoms with E-state index in [9.17, 15) is 18.4 Å². The average Bonchev–Trinajstić information content (AvgIpc) is 3.11. The number of benzene rings is 2. The molecule has 3 rings (SSSR count). The maximum absolute atomic E-state index is 12.5. The van der Waals surface area contributed by atoms with Crippen molar-refractivity contribution >= 4 is 23.2 Å². The van der Waals surface area contributed by atoms with Crippen molar-refractivity contribution in [2.45, 2.75) is 20.5 Å². The van der Waals surface area contributed by atoms with Gasteiger partial charge in [0, 0.05) is 16.9 Å². The van der Waals surface area contributed by atoms with Crippen molar-refractivity contribution in [1.82, 2.24) is 9.97 Å². The van der Waals surface area contributed by atoms with Crippen molar-refractivity contribution in [3.05, 3.63) is 71.3 Å². The van der Waals surface area contributed by atoms with Gasteiger partial charge in [-0.25, -0.2) is 4.98 Å². The second kappa shape index (κ2) is 8.51. The monoisotopic (exact) mass is 400 g/mol. The predicted molar refractivity (Wildman–Crippen MR) is 103 cm³/mol. The number of halogens is 2. The van der Waals surface area contributed by atoms with Gasteiger partial charge in [0.05, 0.1) is 6.20 Å². The second-order valence-electron chi connectivity index (χ2n) is 6.22. The van der Waals surface area contributed by atoms with Crippen LogP contribution < -0.4 is 15.4 Å². The van der Waals surface area contributed by atoms with Gasteiger partial charge in [0.15, 0.2) is 0 Å². The van der Waals surface area contributed by atoms with E-state index >= 15 is 0 Å². The molecule has 2 aromatic carbocycles. The molecule has 1 aromatic heterocycles. The minimum Gasteiger partial charge on any atom is -0.435 e. The van der Waals surface area contributed by atoms with Crippen LogP contribution in [0.5, 0.6) is 5.75 Å². The minimum absolute atomic E-state index is 0.00706. The number of imidazole rings is 1. The normalized spacial score (nSPS) is 10.7. The summed E-state index contributed by atoms with van der Waals surface area (Å²) in [5.74, 6) is -0.182. The number of hydrogen-bond acceptors (Lipinski definition) is 4. The summed E-state index contributed by atoms with van der Waals surface area (Å²) in [6.07, 6.45) is 1.43. The summed E-state index contributed by atoms with van der Waals surface area (Å²) in [6.45, 7) is 0.624. The summed E-state index contributed by atoms with van der Waals surface area (Å²) >= 11 is 0. The summed E-state index contributed by atoms with van der Waals surface area (Å²) in [5.41, 5.74) is 2.30. The number of hydrogen-bond donors (Lipinski definition) is 3. The van der Waals surface area contributed by atoms with Crippen LogP contribution in [-0.4, -0.2) is 28.4 Å². The molecule has 3 N–H and O–H groups in total. The van der Waals surface area contributed by atoms with E-state index in [0.29, 0.717) is 28.5 Å². The number of H-pyrrole nitrogens is 1. The van der Waals surface area contributed by atoms with E-state index in [2.05, 4.69) is 25.3 Å². The molecule has 0 bridgehead atoms. The van der Waals surface area contributed by atoms with Crippen LogP contribution in [0.25, 0.3) is 0 Å². The van der Waals surface area contributed by atoms with Gasteiger partial charge in [0.1, 0.15) is 17.3 Å². The van der Waals surface area contributed by atoms with Crippen molar-refractivity contribution in [1.29, 1.82) is 0 Å². The first-order valence-corrected chi connectivity index (χ1v) is 8.61. The molecule has 0 saturated heterocycles. The average molecular weight is 400 g/mol. The molecule has 0 saturated carbocycles. The number of anilines is 2. The third kappa shape index (κ3) is 5.16. The number of amides is 2. The lowest BCUT2D eigenvalue weighted by atomic mass is 10.1. The predicted octanol–water partition coefficient (Wildman–Crippen LogP) is 4.13. The molecule has 150 valence electrons. The van der Waals surface area contributed by atoms with Crippen molar-refractivity contribution in [3.63, 3.8) is 0 Å². The third-order valence-electron chi connectivity index (χ3n) is 4.03. The van der Waals surface area contributed by atoms with E-state index in [1.165, 1.54) is 30.5 Å². The zero-order valence-corrected chi connectivity index (χ0v) is 15.6. The molecular formula is C20H18F2N4O3. The van der Waals surface area contributed by atoms with Crippen LogP contribution in [0.3, 0.4) is 0 Å². The summed E-state index contributed by atoms with van der Waals surface area (Å²) in [6, 6.07) is 10.4. The fraction of sp³-hybridized carbons (Fsp3) is 0.150. The molecule has 0 radical (unpaired) electrons. The standard InChI is InChI=1S/C20H18F2N4O3/c1-11-3-4-13(9-16(11)26-19(28)17-10-23-12(2)24-17)18(27)25-14-5-7-15(8-6-14)29-20(21)22/h3-10,20H,1-2H3,(H,23,24)(H,25,27)(H,26,28). The van der Waals surface area contributed by atoms with E-state index in [-0.39, 0.29) is 11.7 Å². The van der Waals surface area contributed by atoms with Crippen LogP contribution in [0.1, 0.15) is 32.2 Å².